The predicted molar refractivity (Wildman–Crippen MR) is 63.8 cm³/mol. The summed E-state index contributed by atoms with van der Waals surface area (Å²) < 4.78 is 40.9. The van der Waals surface area contributed by atoms with Crippen LogP contribution in [0.25, 0.3) is 0 Å². The molecule has 0 radical (unpaired) electrons. The third-order valence-electron chi connectivity index (χ3n) is 2.29. The number of hydrogen-bond donors (Lipinski definition) is 1. The van der Waals surface area contributed by atoms with Gasteiger partial charge in [-0.2, -0.15) is 0 Å². The number of halogens is 1. The first-order valence-corrected chi connectivity index (χ1v) is 6.94. The third-order valence-corrected chi connectivity index (χ3v) is 3.71. The van der Waals surface area contributed by atoms with E-state index in [1.807, 2.05) is 0 Å². The lowest BCUT2D eigenvalue weighted by atomic mass is 10.1. The number of methoxy groups -OCH3 is 1. The van der Waals surface area contributed by atoms with Gasteiger partial charge in [-0.3, -0.25) is 4.79 Å². The Kier molecular flexibility index (Phi) is 4.80. The quantitative estimate of drug-likeness (QED) is 0.785. The minimum atomic E-state index is -3.75. The molecule has 18 heavy (non-hydrogen) atoms. The summed E-state index contributed by atoms with van der Waals surface area (Å²) in [5.41, 5.74) is 6.02. The van der Waals surface area contributed by atoms with Crippen LogP contribution in [0, 0.1) is 5.82 Å². The maximum atomic E-state index is 13.4. The molecule has 0 saturated heterocycles. The summed E-state index contributed by atoms with van der Waals surface area (Å²) in [6.07, 6.45) is 0. The molecule has 1 aromatic rings. The van der Waals surface area contributed by atoms with Crippen molar-refractivity contribution < 1.29 is 22.3 Å². The number of carbonyl (C=O) groups is 1. The molecule has 1 rings (SSSR count). The molecule has 0 saturated carbocycles. The number of nitrogens with two attached hydrogens (primary N) is 1. The molecule has 0 atom stereocenters. The number of sulfone groups is 1. The van der Waals surface area contributed by atoms with E-state index in [2.05, 4.69) is 4.74 Å². The minimum absolute atomic E-state index is 0.00172. The van der Waals surface area contributed by atoms with Crippen molar-refractivity contribution in [2.75, 3.05) is 12.9 Å². The van der Waals surface area contributed by atoms with Crippen molar-refractivity contribution in [1.82, 2.24) is 0 Å². The lowest BCUT2D eigenvalue weighted by Gasteiger charge is -2.06. The maximum absolute atomic E-state index is 13.4. The van der Waals surface area contributed by atoms with Gasteiger partial charge in [-0.25, -0.2) is 12.8 Å². The van der Waals surface area contributed by atoms with E-state index >= 15 is 0 Å². The molecule has 100 valence electrons. The Labute approximate surface area is 105 Å². The monoisotopic (exact) mass is 275 g/mol. The van der Waals surface area contributed by atoms with Gasteiger partial charge in [-0.15, -0.1) is 0 Å². The van der Waals surface area contributed by atoms with E-state index < -0.39 is 33.1 Å². The molecule has 0 heterocycles. The second kappa shape index (κ2) is 5.92. The first-order valence-electron chi connectivity index (χ1n) is 5.12. The largest absolute Gasteiger partial charge is 0.468 e. The first-order chi connectivity index (χ1) is 8.38. The smallest absolute Gasteiger partial charge is 0.320 e. The molecule has 0 aliphatic rings. The topological polar surface area (TPSA) is 86.5 Å². The van der Waals surface area contributed by atoms with Crippen molar-refractivity contribution >= 4 is 15.8 Å². The molecule has 0 unspecified atom stereocenters. The Bertz CT molecular complexity index is 542. The third kappa shape index (κ3) is 4.08. The number of ether oxygens (including phenoxy) is 1. The van der Waals surface area contributed by atoms with Crippen LogP contribution in [-0.2, 0) is 31.7 Å². The molecule has 0 amide bonds. The van der Waals surface area contributed by atoms with Gasteiger partial charge in [0.05, 0.1) is 12.9 Å². The Morgan fingerprint density at radius 1 is 1.44 bits per heavy atom. The number of benzene rings is 1. The van der Waals surface area contributed by atoms with Crippen LogP contribution in [-0.4, -0.2) is 27.2 Å². The number of esters is 1. The van der Waals surface area contributed by atoms with Gasteiger partial charge in [0.1, 0.15) is 11.6 Å². The van der Waals surface area contributed by atoms with E-state index in [1.165, 1.54) is 12.1 Å². The van der Waals surface area contributed by atoms with E-state index in [9.17, 15) is 17.6 Å². The fourth-order valence-corrected chi connectivity index (χ4v) is 2.67. The van der Waals surface area contributed by atoms with Crippen molar-refractivity contribution in [1.29, 1.82) is 0 Å². The van der Waals surface area contributed by atoms with Gasteiger partial charge in [0, 0.05) is 12.1 Å². The molecule has 0 fully saturated rings. The predicted octanol–water partition coefficient (Wildman–Crippen LogP) is 0.372. The van der Waals surface area contributed by atoms with Gasteiger partial charge in [0.15, 0.2) is 9.84 Å². The van der Waals surface area contributed by atoms with Crippen molar-refractivity contribution in [2.45, 2.75) is 12.3 Å². The number of rotatable bonds is 5. The fourth-order valence-electron chi connectivity index (χ4n) is 1.39. The van der Waals surface area contributed by atoms with E-state index in [0.29, 0.717) is 5.56 Å². The van der Waals surface area contributed by atoms with Gasteiger partial charge in [-0.1, -0.05) is 12.1 Å². The van der Waals surface area contributed by atoms with E-state index in [4.69, 9.17) is 5.73 Å². The Hall–Kier alpha value is -1.47. The second-order valence-corrected chi connectivity index (χ2v) is 5.80. The number of hydrogen-bond acceptors (Lipinski definition) is 5. The van der Waals surface area contributed by atoms with Crippen molar-refractivity contribution in [3.63, 3.8) is 0 Å². The summed E-state index contributed by atoms with van der Waals surface area (Å²) in [5, 5.41) is 0. The molecular weight excluding hydrogens is 261 g/mol. The van der Waals surface area contributed by atoms with Gasteiger partial charge in [0.25, 0.3) is 0 Å². The highest BCUT2D eigenvalue weighted by Gasteiger charge is 2.19. The summed E-state index contributed by atoms with van der Waals surface area (Å²) >= 11 is 0. The van der Waals surface area contributed by atoms with Crippen LogP contribution >= 0.6 is 0 Å². The van der Waals surface area contributed by atoms with Crippen molar-refractivity contribution in [2.24, 2.45) is 5.73 Å². The van der Waals surface area contributed by atoms with Crippen LogP contribution in [0.15, 0.2) is 18.2 Å². The summed E-state index contributed by atoms with van der Waals surface area (Å²) in [5.74, 6) is -2.83. The molecule has 2 N–H and O–H groups in total. The Balaban J connectivity index is 2.93. The summed E-state index contributed by atoms with van der Waals surface area (Å²) in [6.45, 7) is 0.185. The summed E-state index contributed by atoms with van der Waals surface area (Å²) in [6, 6.07) is 4.01. The Morgan fingerprint density at radius 3 is 2.67 bits per heavy atom. The first kappa shape index (κ1) is 14.6. The lowest BCUT2D eigenvalue weighted by Crippen LogP contribution is -2.19. The van der Waals surface area contributed by atoms with E-state index in [-0.39, 0.29) is 12.1 Å². The zero-order valence-electron chi connectivity index (χ0n) is 9.85. The van der Waals surface area contributed by atoms with Gasteiger partial charge in [-0.05, 0) is 11.6 Å². The highest BCUT2D eigenvalue weighted by Crippen LogP contribution is 2.14. The van der Waals surface area contributed by atoms with E-state index in [1.54, 1.807) is 0 Å². The van der Waals surface area contributed by atoms with Crippen molar-refractivity contribution in [3.05, 3.63) is 35.1 Å². The molecule has 5 nitrogen and oxygen atoms in total. The van der Waals surface area contributed by atoms with Crippen LogP contribution in [0.5, 0.6) is 0 Å². The van der Waals surface area contributed by atoms with Gasteiger partial charge < -0.3 is 10.5 Å². The zero-order valence-corrected chi connectivity index (χ0v) is 10.7. The molecule has 0 bridgehead atoms. The fraction of sp³-hybridized carbons (Fsp3) is 0.364. The van der Waals surface area contributed by atoms with Crippen molar-refractivity contribution in [3.8, 4) is 0 Å². The van der Waals surface area contributed by atoms with Crippen LogP contribution in [0.1, 0.15) is 11.1 Å². The van der Waals surface area contributed by atoms with Crippen LogP contribution in [0.3, 0.4) is 0 Å². The molecule has 0 aliphatic carbocycles. The average molecular weight is 275 g/mol. The molecule has 0 spiro atoms. The second-order valence-electron chi connectivity index (χ2n) is 3.74. The summed E-state index contributed by atoms with van der Waals surface area (Å²) in [7, 11) is -2.66. The molecule has 0 aliphatic heterocycles. The lowest BCUT2D eigenvalue weighted by molar-refractivity contribution is -0.137. The maximum Gasteiger partial charge on any atom is 0.320 e. The van der Waals surface area contributed by atoms with E-state index in [0.717, 1.165) is 13.2 Å². The van der Waals surface area contributed by atoms with Crippen LogP contribution in [0.4, 0.5) is 4.39 Å². The molecular formula is C11H14FNO4S. The highest BCUT2D eigenvalue weighted by molar-refractivity contribution is 7.91. The summed E-state index contributed by atoms with van der Waals surface area (Å²) in [4.78, 5) is 10.9. The van der Waals surface area contributed by atoms with Crippen LogP contribution in [0.2, 0.25) is 0 Å². The molecule has 1 aromatic carbocycles. The molecule has 0 aromatic heterocycles. The molecule has 7 heteroatoms. The van der Waals surface area contributed by atoms with Crippen LogP contribution < -0.4 is 5.73 Å². The minimum Gasteiger partial charge on any atom is -0.468 e. The Morgan fingerprint density at radius 2 is 2.11 bits per heavy atom. The van der Waals surface area contributed by atoms with Gasteiger partial charge in [0.2, 0.25) is 0 Å². The standard InChI is InChI=1S/C11H14FNO4S/c1-17-11(14)7-18(15,16)6-9-4-8(5-13)2-3-10(9)12/h2-4H,5-7,13H2,1H3. The average Bonchev–Trinajstić information content (AvgIpc) is 2.31. The number of carbonyl (C=O) groups excluding carboxylic acids is 1. The normalized spacial score (nSPS) is 11.3. The highest BCUT2D eigenvalue weighted by atomic mass is 32.2. The van der Waals surface area contributed by atoms with Gasteiger partial charge >= 0.3 is 5.97 Å². The SMILES string of the molecule is COC(=O)CS(=O)(=O)Cc1cc(CN)ccc1F. The zero-order chi connectivity index (χ0) is 13.8.